The van der Waals surface area contributed by atoms with Gasteiger partial charge in [0.2, 0.25) is 11.7 Å². The molecule has 1 heterocycles. The molecule has 4 rings (SSSR count). The fourth-order valence-electron chi connectivity index (χ4n) is 3.75. The molecule has 0 radical (unpaired) electrons. The van der Waals surface area contributed by atoms with Crippen LogP contribution in [-0.4, -0.2) is 54.5 Å². The van der Waals surface area contributed by atoms with Crippen LogP contribution in [0.5, 0.6) is 5.75 Å². The van der Waals surface area contributed by atoms with E-state index in [4.69, 9.17) is 9.26 Å². The highest BCUT2D eigenvalue weighted by Crippen LogP contribution is 2.32. The van der Waals surface area contributed by atoms with Crippen LogP contribution in [0.15, 0.2) is 70.1 Å². The Bertz CT molecular complexity index is 1350. The Morgan fingerprint density at radius 3 is 2.42 bits per heavy atom. The third kappa shape index (κ3) is 6.13. The Balaban J connectivity index is 1.46. The first-order valence-electron chi connectivity index (χ1n) is 11.6. The number of nitrogens with one attached hydrogen (secondary N) is 1. The van der Waals surface area contributed by atoms with E-state index in [1.54, 1.807) is 25.8 Å². The highest BCUT2D eigenvalue weighted by molar-refractivity contribution is 7.99. The molecule has 0 saturated heterocycles. The number of hydrogen-bond donors (Lipinski definition) is 1. The van der Waals surface area contributed by atoms with E-state index in [1.165, 1.54) is 0 Å². The molecule has 1 N–H and O–H groups in total. The lowest BCUT2D eigenvalue weighted by Gasteiger charge is -2.13. The van der Waals surface area contributed by atoms with Gasteiger partial charge in [-0.1, -0.05) is 29.4 Å². The molecule has 1 amide bonds. The van der Waals surface area contributed by atoms with Gasteiger partial charge in [0.15, 0.2) is 0 Å². The summed E-state index contributed by atoms with van der Waals surface area (Å²) in [6, 6.07) is 19.4. The second kappa shape index (κ2) is 11.4. The molecule has 0 aliphatic carbocycles. The van der Waals surface area contributed by atoms with E-state index < -0.39 is 0 Å². The van der Waals surface area contributed by atoms with Crippen LogP contribution in [0.25, 0.3) is 22.5 Å². The van der Waals surface area contributed by atoms with E-state index in [9.17, 15) is 4.79 Å². The first-order chi connectivity index (χ1) is 17.3. The second-order valence-electron chi connectivity index (χ2n) is 8.72. The summed E-state index contributed by atoms with van der Waals surface area (Å²) in [6.45, 7) is 4.77. The van der Waals surface area contributed by atoms with Gasteiger partial charge in [0.1, 0.15) is 5.75 Å². The van der Waals surface area contributed by atoms with Crippen molar-refractivity contribution in [3.8, 4) is 28.3 Å². The molecule has 186 valence electrons. The highest BCUT2D eigenvalue weighted by atomic mass is 32.2. The van der Waals surface area contributed by atoms with Gasteiger partial charge >= 0.3 is 0 Å². The topological polar surface area (TPSA) is 80.5 Å². The van der Waals surface area contributed by atoms with E-state index in [0.29, 0.717) is 17.3 Å². The average molecular weight is 503 g/mol. The zero-order valence-corrected chi connectivity index (χ0v) is 22.0. The fraction of sp³-hybridized carbons (Fsp3) is 0.250. The Hall–Kier alpha value is -3.62. The summed E-state index contributed by atoms with van der Waals surface area (Å²) in [4.78, 5) is 20.4. The number of ether oxygens (including phenoxy) is 1. The van der Waals surface area contributed by atoms with E-state index in [1.807, 2.05) is 81.7 Å². The molecule has 36 heavy (non-hydrogen) atoms. The number of nitrogens with zero attached hydrogens (tertiary/aromatic N) is 3. The van der Waals surface area contributed by atoms with Gasteiger partial charge in [0.25, 0.3) is 5.91 Å². The van der Waals surface area contributed by atoms with Crippen LogP contribution in [0.4, 0.5) is 5.69 Å². The van der Waals surface area contributed by atoms with Crippen molar-refractivity contribution in [3.63, 3.8) is 0 Å². The first-order valence-corrected chi connectivity index (χ1v) is 12.6. The number of aryl methyl sites for hydroxylation is 2. The summed E-state index contributed by atoms with van der Waals surface area (Å²) in [7, 11) is 5.76. The number of rotatable bonds is 9. The van der Waals surface area contributed by atoms with Gasteiger partial charge in [-0.15, -0.1) is 11.8 Å². The summed E-state index contributed by atoms with van der Waals surface area (Å²) >= 11 is 1.71. The molecule has 1 aromatic heterocycles. The zero-order chi connectivity index (χ0) is 25.7. The van der Waals surface area contributed by atoms with Crippen LogP contribution in [0, 0.1) is 13.8 Å². The molecule has 0 atom stereocenters. The van der Waals surface area contributed by atoms with Crippen LogP contribution in [-0.2, 0) is 0 Å². The molecule has 0 bridgehead atoms. The SMILES string of the molecule is COc1ccc(NC(=O)c2ccc(-c3ccc(-c4noc(C)n4)cc3C)cc2)cc1SCCN(C)C. The minimum Gasteiger partial charge on any atom is -0.496 e. The number of methoxy groups -OCH3 is 1. The Morgan fingerprint density at radius 1 is 1.03 bits per heavy atom. The molecule has 0 spiro atoms. The molecule has 0 unspecified atom stereocenters. The first kappa shape index (κ1) is 25.5. The average Bonchev–Trinajstić information content (AvgIpc) is 3.30. The number of amides is 1. The Morgan fingerprint density at radius 2 is 1.78 bits per heavy atom. The third-order valence-corrected chi connectivity index (χ3v) is 6.70. The van der Waals surface area contributed by atoms with Gasteiger partial charge in [-0.25, -0.2) is 0 Å². The number of anilines is 1. The zero-order valence-electron chi connectivity index (χ0n) is 21.2. The van der Waals surface area contributed by atoms with E-state index in [-0.39, 0.29) is 5.91 Å². The summed E-state index contributed by atoms with van der Waals surface area (Å²) in [5.74, 6) is 2.69. The second-order valence-corrected chi connectivity index (χ2v) is 9.85. The van der Waals surface area contributed by atoms with Crippen LogP contribution < -0.4 is 10.1 Å². The molecule has 0 fully saturated rings. The van der Waals surface area contributed by atoms with Crippen molar-refractivity contribution >= 4 is 23.4 Å². The molecular formula is C28H30N4O3S. The van der Waals surface area contributed by atoms with Gasteiger partial charge in [-0.05, 0) is 74.1 Å². The molecular weight excluding hydrogens is 472 g/mol. The predicted octanol–water partition coefficient (Wildman–Crippen LogP) is 5.94. The van der Waals surface area contributed by atoms with Gasteiger partial charge < -0.3 is 19.5 Å². The maximum Gasteiger partial charge on any atom is 0.255 e. The van der Waals surface area contributed by atoms with Crippen LogP contribution >= 0.6 is 11.8 Å². The molecule has 7 nitrogen and oxygen atoms in total. The van der Waals surface area contributed by atoms with Crippen molar-refractivity contribution in [2.75, 3.05) is 38.8 Å². The molecule has 0 aliphatic heterocycles. The Kier molecular flexibility index (Phi) is 8.07. The number of thioether (sulfide) groups is 1. The van der Waals surface area contributed by atoms with Crippen molar-refractivity contribution in [1.29, 1.82) is 0 Å². The normalized spacial score (nSPS) is 11.1. The lowest BCUT2D eigenvalue weighted by Crippen LogP contribution is -2.15. The minimum atomic E-state index is -0.157. The highest BCUT2D eigenvalue weighted by Gasteiger charge is 2.12. The van der Waals surface area contributed by atoms with Crippen molar-refractivity contribution in [2.45, 2.75) is 18.7 Å². The Labute approximate surface area is 215 Å². The van der Waals surface area contributed by atoms with Gasteiger partial charge in [0.05, 0.1) is 12.0 Å². The maximum absolute atomic E-state index is 12.9. The van der Waals surface area contributed by atoms with Crippen LogP contribution in [0.2, 0.25) is 0 Å². The maximum atomic E-state index is 12.9. The molecule has 8 heteroatoms. The van der Waals surface area contributed by atoms with Crippen LogP contribution in [0.3, 0.4) is 0 Å². The molecule has 0 saturated carbocycles. The van der Waals surface area contributed by atoms with E-state index in [2.05, 4.69) is 20.4 Å². The van der Waals surface area contributed by atoms with E-state index in [0.717, 1.165) is 50.9 Å². The number of benzene rings is 3. The lowest BCUT2D eigenvalue weighted by atomic mass is 9.97. The number of aromatic nitrogens is 2. The third-order valence-electron chi connectivity index (χ3n) is 5.69. The molecule has 4 aromatic rings. The number of carbonyl (C=O) groups is 1. The molecule has 0 aliphatic rings. The smallest absolute Gasteiger partial charge is 0.255 e. The fourth-order valence-corrected chi connectivity index (χ4v) is 4.93. The summed E-state index contributed by atoms with van der Waals surface area (Å²) in [5, 5.41) is 7.00. The van der Waals surface area contributed by atoms with Gasteiger partial charge in [-0.3, -0.25) is 4.79 Å². The van der Waals surface area contributed by atoms with E-state index >= 15 is 0 Å². The monoisotopic (exact) mass is 502 g/mol. The van der Waals surface area contributed by atoms with Crippen molar-refractivity contribution in [1.82, 2.24) is 15.0 Å². The number of hydrogen-bond acceptors (Lipinski definition) is 7. The van der Waals surface area contributed by atoms with Crippen molar-refractivity contribution in [3.05, 3.63) is 77.7 Å². The van der Waals surface area contributed by atoms with Crippen molar-refractivity contribution in [2.24, 2.45) is 0 Å². The summed E-state index contributed by atoms with van der Waals surface area (Å²) < 4.78 is 10.6. The number of carbonyl (C=O) groups excluding carboxylic acids is 1. The standard InChI is InChI=1S/C28H30N4O3S/c1-18-16-22(27-29-19(2)35-31-27)10-12-24(18)20-6-8-21(9-7-20)28(33)30-23-11-13-25(34-5)26(17-23)36-15-14-32(3)4/h6-13,16-17H,14-15H2,1-5H3,(H,30,33). The largest absolute Gasteiger partial charge is 0.496 e. The summed E-state index contributed by atoms with van der Waals surface area (Å²) in [5.41, 5.74) is 5.44. The lowest BCUT2D eigenvalue weighted by molar-refractivity contribution is 0.102. The van der Waals surface area contributed by atoms with Crippen LogP contribution in [0.1, 0.15) is 21.8 Å². The van der Waals surface area contributed by atoms with Gasteiger partial charge in [-0.2, -0.15) is 4.98 Å². The summed E-state index contributed by atoms with van der Waals surface area (Å²) in [6.07, 6.45) is 0. The quantitative estimate of drug-likeness (QED) is 0.284. The van der Waals surface area contributed by atoms with Gasteiger partial charge in [0, 0.05) is 36.0 Å². The molecule has 3 aromatic carbocycles. The predicted molar refractivity (Wildman–Crippen MR) is 145 cm³/mol. The minimum absolute atomic E-state index is 0.157. The van der Waals surface area contributed by atoms with Crippen molar-refractivity contribution < 1.29 is 14.1 Å².